The van der Waals surface area contributed by atoms with E-state index in [1.165, 1.54) is 16.8 Å². The van der Waals surface area contributed by atoms with Crippen LogP contribution in [0.1, 0.15) is 49.3 Å². The molecule has 0 bridgehead atoms. The molecule has 0 aromatic carbocycles. The van der Waals surface area contributed by atoms with Crippen molar-refractivity contribution in [2.45, 2.75) is 53.1 Å². The maximum atomic E-state index is 4.53. The Kier molecular flexibility index (Phi) is 8.51. The van der Waals surface area contributed by atoms with Gasteiger partial charge in [-0.15, -0.1) is 0 Å². The van der Waals surface area contributed by atoms with Gasteiger partial charge >= 0.3 is 0 Å². The zero-order chi connectivity index (χ0) is 20.7. The van der Waals surface area contributed by atoms with Crippen LogP contribution >= 0.6 is 11.3 Å². The van der Waals surface area contributed by atoms with Crippen LogP contribution in [0.25, 0.3) is 0 Å². The fourth-order valence-corrected chi connectivity index (χ4v) is 4.39. The number of likely N-dealkylation sites (N-methyl/N-ethyl adjacent to an activating group) is 1. The number of thiophene rings is 1. The number of rotatable bonds is 9. The molecule has 0 aliphatic carbocycles. The lowest BCUT2D eigenvalue weighted by Crippen LogP contribution is -2.46. The Bertz CT molecular complexity index is 745. The van der Waals surface area contributed by atoms with Crippen molar-refractivity contribution in [1.29, 1.82) is 0 Å². The number of hydrogen-bond donors (Lipinski definition) is 2. The summed E-state index contributed by atoms with van der Waals surface area (Å²) in [7, 11) is 3.84. The van der Waals surface area contributed by atoms with E-state index < -0.39 is 0 Å². The summed E-state index contributed by atoms with van der Waals surface area (Å²) in [6.07, 6.45) is 0.927. The largest absolute Gasteiger partial charge is 0.354 e. The molecule has 2 aromatic rings. The third kappa shape index (κ3) is 5.58. The first kappa shape index (κ1) is 22.4. The highest BCUT2D eigenvalue weighted by Gasteiger charge is 2.19. The predicted molar refractivity (Wildman–Crippen MR) is 120 cm³/mol. The van der Waals surface area contributed by atoms with Crippen molar-refractivity contribution >= 4 is 17.3 Å². The van der Waals surface area contributed by atoms with Gasteiger partial charge in [0.2, 0.25) is 0 Å². The summed E-state index contributed by atoms with van der Waals surface area (Å²) in [5.74, 6) is 0.846. The minimum Gasteiger partial charge on any atom is -0.354 e. The van der Waals surface area contributed by atoms with Gasteiger partial charge in [-0.1, -0.05) is 13.8 Å². The topological polar surface area (TPSA) is 57.5 Å². The molecule has 28 heavy (non-hydrogen) atoms. The molecule has 0 radical (unpaired) electrons. The van der Waals surface area contributed by atoms with Crippen molar-refractivity contribution in [2.24, 2.45) is 12.0 Å². The highest BCUT2D eigenvalue weighted by molar-refractivity contribution is 7.07. The molecule has 0 spiro atoms. The van der Waals surface area contributed by atoms with E-state index in [1.807, 2.05) is 18.8 Å². The lowest BCUT2D eigenvalue weighted by Gasteiger charge is -2.30. The molecule has 6 nitrogen and oxygen atoms in total. The van der Waals surface area contributed by atoms with Crippen LogP contribution in [0.3, 0.4) is 0 Å². The molecular formula is C21H36N6S. The first-order chi connectivity index (χ1) is 13.4. The number of nitrogens with zero attached hydrogens (tertiary/aromatic N) is 4. The first-order valence-corrected chi connectivity index (χ1v) is 11.1. The number of aliphatic imine (C=N–C) groups is 1. The molecular weight excluding hydrogens is 368 g/mol. The highest BCUT2D eigenvalue weighted by atomic mass is 32.1. The molecule has 0 saturated heterocycles. The summed E-state index contributed by atoms with van der Waals surface area (Å²) in [4.78, 5) is 6.92. The van der Waals surface area contributed by atoms with Crippen molar-refractivity contribution in [2.75, 3.05) is 26.7 Å². The Morgan fingerprint density at radius 3 is 2.54 bits per heavy atom. The molecule has 156 valence electrons. The van der Waals surface area contributed by atoms with Gasteiger partial charge in [0.1, 0.15) is 0 Å². The zero-order valence-corrected chi connectivity index (χ0v) is 19.2. The van der Waals surface area contributed by atoms with Gasteiger partial charge in [0.15, 0.2) is 5.96 Å². The van der Waals surface area contributed by atoms with Gasteiger partial charge in [-0.3, -0.25) is 14.6 Å². The zero-order valence-electron chi connectivity index (χ0n) is 18.4. The van der Waals surface area contributed by atoms with E-state index in [0.717, 1.165) is 37.7 Å². The summed E-state index contributed by atoms with van der Waals surface area (Å²) < 4.78 is 1.96. The fraction of sp³-hybridized carbons (Fsp3) is 0.619. The maximum absolute atomic E-state index is 4.53. The lowest BCUT2D eigenvalue weighted by atomic mass is 10.1. The van der Waals surface area contributed by atoms with E-state index in [1.54, 1.807) is 11.3 Å². The van der Waals surface area contributed by atoms with Crippen molar-refractivity contribution in [1.82, 2.24) is 25.3 Å². The van der Waals surface area contributed by atoms with Gasteiger partial charge in [0.25, 0.3) is 0 Å². The average molecular weight is 405 g/mol. The van der Waals surface area contributed by atoms with E-state index in [-0.39, 0.29) is 6.04 Å². The molecule has 2 unspecified atom stereocenters. The smallest absolute Gasteiger partial charge is 0.191 e. The number of hydrogen-bond acceptors (Lipinski definition) is 4. The Balaban J connectivity index is 1.99. The van der Waals surface area contributed by atoms with Crippen LogP contribution in [0.5, 0.6) is 0 Å². The van der Waals surface area contributed by atoms with Crippen LogP contribution in [0.4, 0.5) is 0 Å². The molecule has 0 aliphatic heterocycles. The molecule has 0 aliphatic rings. The van der Waals surface area contributed by atoms with E-state index >= 15 is 0 Å². The molecule has 2 atom stereocenters. The van der Waals surface area contributed by atoms with Crippen LogP contribution in [-0.4, -0.2) is 53.4 Å². The van der Waals surface area contributed by atoms with Crippen molar-refractivity contribution < 1.29 is 0 Å². The van der Waals surface area contributed by atoms with Gasteiger partial charge in [-0.25, -0.2) is 0 Å². The minimum atomic E-state index is 0.265. The second-order valence-electron chi connectivity index (χ2n) is 7.27. The third-order valence-electron chi connectivity index (χ3n) is 5.42. The van der Waals surface area contributed by atoms with Crippen LogP contribution in [-0.2, 0) is 13.5 Å². The summed E-state index contributed by atoms with van der Waals surface area (Å²) in [5, 5.41) is 16.0. The fourth-order valence-electron chi connectivity index (χ4n) is 3.68. The normalized spacial score (nSPS) is 14.4. The van der Waals surface area contributed by atoms with Gasteiger partial charge < -0.3 is 10.6 Å². The number of aromatic nitrogens is 2. The van der Waals surface area contributed by atoms with E-state index in [4.69, 9.17) is 0 Å². The second-order valence-corrected chi connectivity index (χ2v) is 8.05. The Labute approximate surface area is 174 Å². The number of nitrogens with one attached hydrogen (secondary N) is 2. The summed E-state index contributed by atoms with van der Waals surface area (Å²) in [6, 6.07) is 2.83. The molecule has 2 aromatic heterocycles. The van der Waals surface area contributed by atoms with E-state index in [9.17, 15) is 0 Å². The first-order valence-electron chi connectivity index (χ1n) is 10.1. The van der Waals surface area contributed by atoms with Gasteiger partial charge in [-0.05, 0) is 68.2 Å². The summed E-state index contributed by atoms with van der Waals surface area (Å²) in [5.41, 5.74) is 5.02. The third-order valence-corrected chi connectivity index (χ3v) is 6.12. The Hall–Kier alpha value is -1.86. The quantitative estimate of drug-likeness (QED) is 0.497. The number of guanidine groups is 1. The molecule has 0 fully saturated rings. The SMILES string of the molecule is CCN(CC)C(CNC(=NC)NC(C)Cc1c(C)nn(C)c1C)c1ccsc1. The minimum absolute atomic E-state index is 0.265. The Morgan fingerprint density at radius 2 is 2.04 bits per heavy atom. The molecule has 2 N–H and O–H groups in total. The van der Waals surface area contributed by atoms with E-state index in [2.05, 4.69) is 77.1 Å². The van der Waals surface area contributed by atoms with Crippen LogP contribution in [0.15, 0.2) is 21.8 Å². The van der Waals surface area contributed by atoms with Crippen LogP contribution in [0.2, 0.25) is 0 Å². The molecule has 0 saturated carbocycles. The summed E-state index contributed by atoms with van der Waals surface area (Å²) >= 11 is 1.75. The van der Waals surface area contributed by atoms with Crippen molar-refractivity contribution in [3.63, 3.8) is 0 Å². The van der Waals surface area contributed by atoms with Crippen molar-refractivity contribution in [3.8, 4) is 0 Å². The van der Waals surface area contributed by atoms with Gasteiger partial charge in [0, 0.05) is 32.4 Å². The Morgan fingerprint density at radius 1 is 1.32 bits per heavy atom. The molecule has 2 heterocycles. The molecule has 7 heteroatoms. The van der Waals surface area contributed by atoms with Gasteiger partial charge in [0.05, 0.1) is 11.7 Å². The predicted octanol–water partition coefficient (Wildman–Crippen LogP) is 3.28. The lowest BCUT2D eigenvalue weighted by molar-refractivity contribution is 0.219. The van der Waals surface area contributed by atoms with Crippen molar-refractivity contribution in [3.05, 3.63) is 39.3 Å². The average Bonchev–Trinajstić information content (AvgIpc) is 3.28. The highest BCUT2D eigenvalue weighted by Crippen LogP contribution is 2.22. The summed E-state index contributed by atoms with van der Waals surface area (Å²) in [6.45, 7) is 13.7. The monoisotopic (exact) mass is 404 g/mol. The standard InChI is InChI=1S/C21H36N6S/c1-8-27(9-2)20(18-10-11-28-14-18)13-23-21(22-6)24-15(3)12-19-16(4)25-26(7)17(19)5/h10-11,14-15,20H,8-9,12-13H2,1-7H3,(H2,22,23,24). The van der Waals surface area contributed by atoms with Crippen LogP contribution < -0.4 is 10.6 Å². The van der Waals surface area contributed by atoms with Gasteiger partial charge in [-0.2, -0.15) is 16.4 Å². The molecule has 2 rings (SSSR count). The van der Waals surface area contributed by atoms with E-state index in [0.29, 0.717) is 6.04 Å². The van der Waals surface area contributed by atoms with Crippen LogP contribution in [0, 0.1) is 13.8 Å². The number of aryl methyl sites for hydroxylation is 2. The maximum Gasteiger partial charge on any atom is 0.191 e. The molecule has 0 amide bonds. The second kappa shape index (κ2) is 10.6.